The maximum absolute atomic E-state index is 12.5. The monoisotopic (exact) mass is 286 g/mol. The van der Waals surface area contributed by atoms with Crippen LogP contribution in [0.2, 0.25) is 0 Å². The molecular formula is C20H30O. The van der Waals surface area contributed by atoms with Crippen molar-refractivity contribution in [1.82, 2.24) is 0 Å². The number of Topliss-reactive ketones (excluding diaryl/α,β-unsaturated/α-hetero) is 1. The van der Waals surface area contributed by atoms with E-state index in [0.717, 1.165) is 29.6 Å². The van der Waals surface area contributed by atoms with Crippen molar-refractivity contribution in [3.8, 4) is 0 Å². The predicted molar refractivity (Wildman–Crippen MR) is 83.7 cm³/mol. The second-order valence-corrected chi connectivity index (χ2v) is 10.5. The van der Waals surface area contributed by atoms with E-state index in [1.807, 2.05) is 0 Å². The van der Waals surface area contributed by atoms with Crippen LogP contribution < -0.4 is 0 Å². The number of rotatable bonds is 0. The molecule has 0 heterocycles. The van der Waals surface area contributed by atoms with Gasteiger partial charge in [0.25, 0.3) is 0 Å². The van der Waals surface area contributed by atoms with Gasteiger partial charge < -0.3 is 0 Å². The molecule has 6 saturated carbocycles. The summed E-state index contributed by atoms with van der Waals surface area (Å²) in [6, 6.07) is 0. The smallest absolute Gasteiger partial charge is 0.138 e. The minimum atomic E-state index is -0.0674. The summed E-state index contributed by atoms with van der Waals surface area (Å²) in [6.07, 6.45) is 9.33. The molecule has 6 aliphatic rings. The van der Waals surface area contributed by atoms with Crippen molar-refractivity contribution in [1.29, 1.82) is 0 Å². The van der Waals surface area contributed by atoms with Crippen molar-refractivity contribution < 1.29 is 4.79 Å². The fourth-order valence-electron chi connectivity index (χ4n) is 8.64. The summed E-state index contributed by atoms with van der Waals surface area (Å²) in [5.41, 5.74) is 1.79. The van der Waals surface area contributed by atoms with Crippen molar-refractivity contribution in [3.63, 3.8) is 0 Å². The summed E-state index contributed by atoms with van der Waals surface area (Å²) in [7, 11) is 0. The second kappa shape index (κ2) is 3.29. The molecule has 116 valence electrons. The Bertz CT molecular complexity index is 548. The van der Waals surface area contributed by atoms with E-state index in [4.69, 9.17) is 0 Å². The lowest BCUT2D eigenvalue weighted by Crippen LogP contribution is -2.59. The molecule has 1 spiro atoms. The Kier molecular flexibility index (Phi) is 2.06. The number of carbonyl (C=O) groups is 1. The van der Waals surface area contributed by atoms with Crippen molar-refractivity contribution in [3.05, 3.63) is 0 Å². The zero-order valence-corrected chi connectivity index (χ0v) is 14.2. The first-order chi connectivity index (χ1) is 9.74. The van der Waals surface area contributed by atoms with Crippen LogP contribution in [0.3, 0.4) is 0 Å². The third kappa shape index (κ3) is 1.23. The van der Waals surface area contributed by atoms with E-state index in [-0.39, 0.29) is 5.41 Å². The van der Waals surface area contributed by atoms with Crippen LogP contribution in [0.4, 0.5) is 0 Å². The van der Waals surface area contributed by atoms with E-state index in [1.165, 1.54) is 38.5 Å². The third-order valence-corrected chi connectivity index (χ3v) is 9.66. The lowest BCUT2D eigenvalue weighted by atomic mass is 9.39. The average Bonchev–Trinajstić information content (AvgIpc) is 2.86. The molecule has 0 unspecified atom stereocenters. The Hall–Kier alpha value is -0.330. The SMILES string of the molecule is CC1(C)C(=O)CC[C@]2(C)[C@@H]1CC[C@@]13C[C@H]4[C@H](C[C@H]12)[C@]4(C)C3. The Labute approximate surface area is 129 Å². The molecule has 6 rings (SSSR count). The molecule has 0 aromatic carbocycles. The molecule has 0 radical (unpaired) electrons. The van der Waals surface area contributed by atoms with Gasteiger partial charge in [0, 0.05) is 11.8 Å². The van der Waals surface area contributed by atoms with E-state index in [2.05, 4.69) is 27.7 Å². The quantitative estimate of drug-likeness (QED) is 0.622. The van der Waals surface area contributed by atoms with Crippen LogP contribution in [0.1, 0.15) is 72.6 Å². The molecule has 0 aliphatic heterocycles. The summed E-state index contributed by atoms with van der Waals surface area (Å²) in [6.45, 7) is 9.66. The van der Waals surface area contributed by atoms with Gasteiger partial charge in [-0.05, 0) is 78.4 Å². The van der Waals surface area contributed by atoms with Gasteiger partial charge >= 0.3 is 0 Å². The van der Waals surface area contributed by atoms with Crippen molar-refractivity contribution in [2.24, 2.45) is 45.3 Å². The molecule has 0 aromatic rings. The minimum absolute atomic E-state index is 0.0674. The maximum atomic E-state index is 12.5. The molecule has 0 amide bonds. The standard InChI is InChI=1S/C20H30O/c1-17(2)14-5-8-20-10-13-12(19(13,4)11-20)9-15(20)18(14,3)7-6-16(17)21/h12-15H,5-11H2,1-4H3/t12-,13-,14+,15-,18+,19-,20-/m0/s1. The Morgan fingerprint density at radius 2 is 1.71 bits per heavy atom. The van der Waals surface area contributed by atoms with Gasteiger partial charge in [-0.15, -0.1) is 0 Å². The molecule has 21 heavy (non-hydrogen) atoms. The van der Waals surface area contributed by atoms with Crippen molar-refractivity contribution >= 4 is 5.78 Å². The third-order valence-electron chi connectivity index (χ3n) is 9.66. The lowest BCUT2D eigenvalue weighted by Gasteiger charge is -2.64. The number of carbonyl (C=O) groups excluding carboxylic acids is 1. The molecule has 1 nitrogen and oxygen atoms in total. The summed E-state index contributed by atoms with van der Waals surface area (Å²) in [4.78, 5) is 12.5. The van der Waals surface area contributed by atoms with Gasteiger partial charge in [-0.25, -0.2) is 0 Å². The Morgan fingerprint density at radius 1 is 0.952 bits per heavy atom. The fraction of sp³-hybridized carbons (Fsp3) is 0.950. The molecule has 6 fully saturated rings. The summed E-state index contributed by atoms with van der Waals surface area (Å²) < 4.78 is 0. The lowest BCUT2D eigenvalue weighted by molar-refractivity contribution is -0.172. The molecule has 0 saturated heterocycles. The highest BCUT2D eigenvalue weighted by Gasteiger charge is 2.78. The normalized spacial score (nSPS) is 63.0. The first kappa shape index (κ1) is 13.1. The maximum Gasteiger partial charge on any atom is 0.138 e. The second-order valence-electron chi connectivity index (χ2n) is 10.5. The summed E-state index contributed by atoms with van der Waals surface area (Å²) >= 11 is 0. The Balaban J connectivity index is 1.57. The van der Waals surface area contributed by atoms with E-state index in [0.29, 0.717) is 22.5 Å². The number of hydrogen-bond acceptors (Lipinski definition) is 1. The molecule has 0 N–H and O–H groups in total. The van der Waals surface area contributed by atoms with Crippen LogP contribution in [0.25, 0.3) is 0 Å². The number of fused-ring (bicyclic) bond motifs is 1. The van der Waals surface area contributed by atoms with Crippen LogP contribution in [0.5, 0.6) is 0 Å². The predicted octanol–water partition coefficient (Wildman–Crippen LogP) is 4.84. The van der Waals surface area contributed by atoms with Gasteiger partial charge in [-0.3, -0.25) is 4.79 Å². The van der Waals surface area contributed by atoms with Gasteiger partial charge in [-0.2, -0.15) is 0 Å². The largest absolute Gasteiger partial charge is 0.299 e. The molecular weight excluding hydrogens is 256 g/mol. The summed E-state index contributed by atoms with van der Waals surface area (Å²) in [5, 5.41) is 0. The van der Waals surface area contributed by atoms with Crippen LogP contribution in [-0.2, 0) is 4.79 Å². The molecule has 4 bridgehead atoms. The van der Waals surface area contributed by atoms with Gasteiger partial charge in [0.2, 0.25) is 0 Å². The van der Waals surface area contributed by atoms with Gasteiger partial charge in [-0.1, -0.05) is 27.7 Å². The van der Waals surface area contributed by atoms with Crippen LogP contribution in [0, 0.1) is 45.3 Å². The van der Waals surface area contributed by atoms with E-state index < -0.39 is 0 Å². The van der Waals surface area contributed by atoms with Gasteiger partial charge in [0.05, 0.1) is 0 Å². The van der Waals surface area contributed by atoms with Crippen LogP contribution >= 0.6 is 0 Å². The van der Waals surface area contributed by atoms with E-state index in [1.54, 1.807) is 0 Å². The zero-order valence-electron chi connectivity index (χ0n) is 14.2. The van der Waals surface area contributed by atoms with E-state index >= 15 is 0 Å². The summed E-state index contributed by atoms with van der Waals surface area (Å²) in [5.74, 6) is 4.23. The minimum Gasteiger partial charge on any atom is -0.299 e. The van der Waals surface area contributed by atoms with Gasteiger partial charge in [0.1, 0.15) is 5.78 Å². The number of ketones is 1. The highest BCUT2D eigenvalue weighted by atomic mass is 16.1. The molecule has 0 aromatic heterocycles. The van der Waals surface area contributed by atoms with Gasteiger partial charge in [0.15, 0.2) is 0 Å². The average molecular weight is 286 g/mol. The number of hydrogen-bond donors (Lipinski definition) is 0. The fourth-order valence-corrected chi connectivity index (χ4v) is 8.64. The van der Waals surface area contributed by atoms with Crippen molar-refractivity contribution in [2.75, 3.05) is 0 Å². The molecule has 6 aliphatic carbocycles. The Morgan fingerprint density at radius 3 is 2.38 bits per heavy atom. The topological polar surface area (TPSA) is 17.1 Å². The molecule has 7 atom stereocenters. The first-order valence-corrected chi connectivity index (χ1v) is 9.27. The van der Waals surface area contributed by atoms with Crippen LogP contribution in [-0.4, -0.2) is 5.78 Å². The van der Waals surface area contributed by atoms with Crippen LogP contribution in [0.15, 0.2) is 0 Å². The first-order valence-electron chi connectivity index (χ1n) is 9.27. The van der Waals surface area contributed by atoms with E-state index in [9.17, 15) is 4.79 Å². The van der Waals surface area contributed by atoms with Crippen molar-refractivity contribution in [2.45, 2.75) is 72.6 Å². The zero-order chi connectivity index (χ0) is 14.8. The molecule has 1 heteroatoms. The highest BCUT2D eigenvalue weighted by molar-refractivity contribution is 5.85. The highest BCUT2D eigenvalue weighted by Crippen LogP contribution is 2.85.